The molecule has 1 amide bonds. The predicted molar refractivity (Wildman–Crippen MR) is 87.8 cm³/mol. The van der Waals surface area contributed by atoms with E-state index in [0.717, 1.165) is 12.1 Å². The first-order valence-electron chi connectivity index (χ1n) is 8.24. The van der Waals surface area contributed by atoms with Crippen molar-refractivity contribution in [2.45, 2.75) is 50.8 Å². The van der Waals surface area contributed by atoms with Crippen molar-refractivity contribution >= 4 is 12.1 Å². The molecular weight excluding hydrogens is 351 g/mol. The molecule has 1 saturated heterocycles. The van der Waals surface area contributed by atoms with Gasteiger partial charge in [-0.15, -0.1) is 0 Å². The average Bonchev–Trinajstić information content (AvgIpc) is 2.52. The molecule has 1 aromatic carbocycles. The van der Waals surface area contributed by atoms with Gasteiger partial charge < -0.3 is 14.7 Å². The lowest BCUT2D eigenvalue weighted by molar-refractivity contribution is -0.146. The van der Waals surface area contributed by atoms with Crippen LogP contribution in [-0.2, 0) is 21.1 Å². The van der Waals surface area contributed by atoms with Crippen LogP contribution in [0.15, 0.2) is 24.3 Å². The Morgan fingerprint density at radius 3 is 2.19 bits per heavy atom. The fourth-order valence-corrected chi connectivity index (χ4v) is 3.02. The summed E-state index contributed by atoms with van der Waals surface area (Å²) in [6.45, 7) is 5.35. The number of aliphatic carboxylic acids is 1. The smallest absolute Gasteiger partial charge is 0.416 e. The number of carbonyl (C=O) groups excluding carboxylic acids is 1. The first-order chi connectivity index (χ1) is 11.8. The van der Waals surface area contributed by atoms with E-state index in [1.165, 1.54) is 17.0 Å². The number of benzene rings is 1. The molecule has 1 fully saturated rings. The number of alkyl halides is 3. The highest BCUT2D eigenvalue weighted by Crippen LogP contribution is 2.39. The van der Waals surface area contributed by atoms with Crippen molar-refractivity contribution in [3.05, 3.63) is 35.4 Å². The molecule has 1 aliphatic heterocycles. The van der Waals surface area contributed by atoms with E-state index in [0.29, 0.717) is 0 Å². The number of carboxylic acid groups (broad SMARTS) is 1. The van der Waals surface area contributed by atoms with Gasteiger partial charge in [-0.25, -0.2) is 4.79 Å². The van der Waals surface area contributed by atoms with E-state index in [1.54, 1.807) is 20.8 Å². The Morgan fingerprint density at radius 1 is 1.15 bits per heavy atom. The SMILES string of the molecule is CC(C)(C)OC(=O)N1CCC(C(=O)O)(c2cccc(C(F)(F)F)c2)CC1. The second-order valence-corrected chi connectivity index (χ2v) is 7.43. The maximum Gasteiger partial charge on any atom is 0.416 e. The number of hydrogen-bond donors (Lipinski definition) is 1. The molecule has 1 aromatic rings. The summed E-state index contributed by atoms with van der Waals surface area (Å²) in [6.07, 6.45) is -5.07. The molecule has 5 nitrogen and oxygen atoms in total. The minimum atomic E-state index is -4.55. The zero-order valence-corrected chi connectivity index (χ0v) is 14.9. The first-order valence-corrected chi connectivity index (χ1v) is 8.24. The normalized spacial score (nSPS) is 17.7. The molecule has 0 aliphatic carbocycles. The topological polar surface area (TPSA) is 66.8 Å². The molecular formula is C18H22F3NO4. The zero-order valence-electron chi connectivity index (χ0n) is 14.9. The van der Waals surface area contributed by atoms with Gasteiger partial charge in [0.05, 0.1) is 11.0 Å². The molecule has 0 bridgehead atoms. The first kappa shape index (κ1) is 20.1. The van der Waals surface area contributed by atoms with Crippen molar-refractivity contribution in [3.63, 3.8) is 0 Å². The number of carboxylic acids is 1. The van der Waals surface area contributed by atoms with E-state index >= 15 is 0 Å². The molecule has 2 rings (SSSR count). The number of carbonyl (C=O) groups is 2. The molecule has 26 heavy (non-hydrogen) atoms. The highest BCUT2D eigenvalue weighted by atomic mass is 19.4. The number of rotatable bonds is 2. The minimum Gasteiger partial charge on any atom is -0.481 e. The Hall–Kier alpha value is -2.25. The van der Waals surface area contributed by atoms with Crippen LogP contribution in [0.1, 0.15) is 44.7 Å². The van der Waals surface area contributed by atoms with E-state index in [9.17, 15) is 27.9 Å². The number of amides is 1. The second kappa shape index (κ2) is 6.81. The molecule has 0 atom stereocenters. The maximum absolute atomic E-state index is 13.0. The second-order valence-electron chi connectivity index (χ2n) is 7.43. The number of piperidine rings is 1. The van der Waals surface area contributed by atoms with E-state index in [1.807, 2.05) is 0 Å². The average molecular weight is 373 g/mol. The summed E-state index contributed by atoms with van der Waals surface area (Å²) < 4.78 is 44.2. The van der Waals surface area contributed by atoms with E-state index in [4.69, 9.17) is 4.74 Å². The minimum absolute atomic E-state index is 0.0168. The zero-order chi connectivity index (χ0) is 19.8. The van der Waals surface area contributed by atoms with Gasteiger partial charge in [0.15, 0.2) is 0 Å². The van der Waals surface area contributed by atoms with Crippen molar-refractivity contribution in [1.82, 2.24) is 4.90 Å². The molecule has 1 heterocycles. The van der Waals surface area contributed by atoms with Gasteiger partial charge in [-0.1, -0.05) is 18.2 Å². The molecule has 1 N–H and O–H groups in total. The van der Waals surface area contributed by atoms with Crippen LogP contribution in [-0.4, -0.2) is 40.8 Å². The summed E-state index contributed by atoms with van der Waals surface area (Å²) >= 11 is 0. The molecule has 0 unspecified atom stereocenters. The Balaban J connectivity index is 2.24. The highest BCUT2D eigenvalue weighted by molar-refractivity contribution is 5.82. The van der Waals surface area contributed by atoms with Crippen LogP contribution in [0.3, 0.4) is 0 Å². The fraction of sp³-hybridized carbons (Fsp3) is 0.556. The molecule has 144 valence electrons. The van der Waals surface area contributed by atoms with Gasteiger partial charge in [0, 0.05) is 13.1 Å². The third-order valence-electron chi connectivity index (χ3n) is 4.42. The van der Waals surface area contributed by atoms with Crippen molar-refractivity contribution in [1.29, 1.82) is 0 Å². The summed E-state index contributed by atoms with van der Waals surface area (Å²) in [6, 6.07) is 4.40. The Kier molecular flexibility index (Phi) is 5.26. The van der Waals surface area contributed by atoms with Crippen LogP contribution < -0.4 is 0 Å². The summed E-state index contributed by atoms with van der Waals surface area (Å²) in [4.78, 5) is 25.4. The number of ether oxygens (including phenoxy) is 1. The van der Waals surface area contributed by atoms with Crippen molar-refractivity contribution in [2.24, 2.45) is 0 Å². The quantitative estimate of drug-likeness (QED) is 0.849. The summed E-state index contributed by atoms with van der Waals surface area (Å²) in [5, 5.41) is 9.73. The molecule has 0 radical (unpaired) electrons. The van der Waals surface area contributed by atoms with Gasteiger partial charge >= 0.3 is 18.2 Å². The van der Waals surface area contributed by atoms with Gasteiger partial charge in [0.1, 0.15) is 5.60 Å². The van der Waals surface area contributed by atoms with Gasteiger partial charge in [-0.05, 0) is 45.2 Å². The van der Waals surface area contributed by atoms with Gasteiger partial charge in [-0.3, -0.25) is 4.79 Å². The molecule has 0 aromatic heterocycles. The van der Waals surface area contributed by atoms with Crippen LogP contribution in [0.25, 0.3) is 0 Å². The lowest BCUT2D eigenvalue weighted by Gasteiger charge is -2.39. The third kappa shape index (κ3) is 4.28. The van der Waals surface area contributed by atoms with E-state index in [2.05, 4.69) is 0 Å². The summed E-state index contributed by atoms with van der Waals surface area (Å²) in [5.74, 6) is -1.19. The lowest BCUT2D eigenvalue weighted by Crippen LogP contribution is -2.50. The number of halogens is 3. The fourth-order valence-electron chi connectivity index (χ4n) is 3.02. The van der Waals surface area contributed by atoms with Crippen LogP contribution in [0, 0.1) is 0 Å². The van der Waals surface area contributed by atoms with E-state index in [-0.39, 0.29) is 31.5 Å². The van der Waals surface area contributed by atoms with Gasteiger partial charge in [0.2, 0.25) is 0 Å². The van der Waals surface area contributed by atoms with Crippen LogP contribution in [0.5, 0.6) is 0 Å². The highest BCUT2D eigenvalue weighted by Gasteiger charge is 2.45. The number of nitrogens with zero attached hydrogens (tertiary/aromatic N) is 1. The van der Waals surface area contributed by atoms with Crippen LogP contribution in [0.2, 0.25) is 0 Å². The Labute approximate surface area is 149 Å². The van der Waals surface area contributed by atoms with Gasteiger partial charge in [-0.2, -0.15) is 13.2 Å². The summed E-state index contributed by atoms with van der Waals surface area (Å²) in [5.41, 5.74) is -2.92. The Morgan fingerprint density at radius 2 is 1.73 bits per heavy atom. The monoisotopic (exact) mass is 373 g/mol. The predicted octanol–water partition coefficient (Wildman–Crippen LogP) is 4.06. The van der Waals surface area contributed by atoms with Crippen LogP contribution in [0.4, 0.5) is 18.0 Å². The van der Waals surface area contributed by atoms with Crippen molar-refractivity contribution < 1.29 is 32.6 Å². The molecule has 0 saturated carbocycles. The third-order valence-corrected chi connectivity index (χ3v) is 4.42. The number of hydrogen-bond acceptors (Lipinski definition) is 3. The Bertz CT molecular complexity index is 686. The summed E-state index contributed by atoms with van der Waals surface area (Å²) in [7, 11) is 0. The largest absolute Gasteiger partial charge is 0.481 e. The maximum atomic E-state index is 13.0. The lowest BCUT2D eigenvalue weighted by atomic mass is 9.72. The van der Waals surface area contributed by atoms with Crippen LogP contribution >= 0.6 is 0 Å². The molecule has 1 aliphatic rings. The van der Waals surface area contributed by atoms with E-state index < -0.39 is 34.8 Å². The number of likely N-dealkylation sites (tertiary alicyclic amines) is 1. The van der Waals surface area contributed by atoms with Crippen molar-refractivity contribution in [3.8, 4) is 0 Å². The van der Waals surface area contributed by atoms with Gasteiger partial charge in [0.25, 0.3) is 0 Å². The molecule has 0 spiro atoms. The van der Waals surface area contributed by atoms with Crippen molar-refractivity contribution in [2.75, 3.05) is 13.1 Å². The standard InChI is InChI=1S/C18H22F3NO4/c1-16(2,3)26-15(25)22-9-7-17(8-10-22,14(23)24)12-5-4-6-13(11-12)18(19,20)21/h4-6,11H,7-10H2,1-3H3,(H,23,24). The molecule has 8 heteroatoms.